The van der Waals surface area contributed by atoms with Crippen LogP contribution in [0, 0.1) is 6.92 Å². The number of hydrogen-bond acceptors (Lipinski definition) is 4. The summed E-state index contributed by atoms with van der Waals surface area (Å²) in [5.41, 5.74) is -1.13. The van der Waals surface area contributed by atoms with Crippen molar-refractivity contribution in [2.24, 2.45) is 7.05 Å². The van der Waals surface area contributed by atoms with Crippen molar-refractivity contribution in [3.8, 4) is 5.69 Å². The Morgan fingerprint density at radius 3 is 2.29 bits per heavy atom. The second-order valence-corrected chi connectivity index (χ2v) is 9.30. The molecule has 3 aromatic rings. The zero-order valence-corrected chi connectivity index (χ0v) is 19.2. The smallest absolute Gasteiger partial charge is 0.312 e. The van der Waals surface area contributed by atoms with Crippen molar-refractivity contribution in [1.82, 2.24) is 9.36 Å². The average Bonchev–Trinajstić information content (AvgIpc) is 3.33. The second kappa shape index (κ2) is 7.26. The van der Waals surface area contributed by atoms with Gasteiger partial charge in [0, 0.05) is 19.7 Å². The molecule has 0 saturated carbocycles. The molecule has 7 nitrogen and oxygen atoms in total. The summed E-state index contributed by atoms with van der Waals surface area (Å²) in [4.78, 5) is 40.5. The van der Waals surface area contributed by atoms with Gasteiger partial charge in [-0.1, -0.05) is 24.3 Å². The fourth-order valence-corrected chi connectivity index (χ4v) is 6.16. The zero-order valence-electron chi connectivity index (χ0n) is 18.4. The van der Waals surface area contributed by atoms with Gasteiger partial charge in [-0.15, -0.1) is 11.8 Å². The van der Waals surface area contributed by atoms with E-state index in [1.807, 2.05) is 0 Å². The van der Waals surface area contributed by atoms with Gasteiger partial charge in [0.05, 0.1) is 28.4 Å². The lowest BCUT2D eigenvalue weighted by molar-refractivity contribution is -0.138. The number of likely N-dealkylation sites (N-methyl/N-ethyl adjacent to an activating group) is 1. The van der Waals surface area contributed by atoms with Gasteiger partial charge >= 0.3 is 6.18 Å². The molecule has 34 heavy (non-hydrogen) atoms. The van der Waals surface area contributed by atoms with Crippen LogP contribution < -0.4 is 15.4 Å². The lowest BCUT2D eigenvalue weighted by Gasteiger charge is -2.33. The molecule has 2 aromatic carbocycles. The number of thioether (sulfide) groups is 1. The van der Waals surface area contributed by atoms with Crippen LogP contribution in [0.1, 0.15) is 16.8 Å². The van der Waals surface area contributed by atoms with Crippen molar-refractivity contribution in [2.45, 2.75) is 18.0 Å². The molecule has 1 fully saturated rings. The highest BCUT2D eigenvalue weighted by Gasteiger charge is 2.64. The van der Waals surface area contributed by atoms with E-state index in [4.69, 9.17) is 0 Å². The van der Waals surface area contributed by atoms with E-state index < -0.39 is 34.0 Å². The van der Waals surface area contributed by atoms with Crippen LogP contribution in [-0.4, -0.2) is 34.0 Å². The molecule has 0 radical (unpaired) electrons. The van der Waals surface area contributed by atoms with Crippen molar-refractivity contribution >= 4 is 35.0 Å². The van der Waals surface area contributed by atoms with Crippen LogP contribution >= 0.6 is 11.8 Å². The number of alkyl halides is 3. The standard InChI is InChI=1S/C23H19F3N4O3S/c1-13-19(20(32)30(28(13)3)14-8-5-4-6-9-14)29-17(31)12-34-22(29)18-15(23(24,25)26)10-7-11-16(18)27(2)21(22)33/h4-11H,12H2,1-3H3. The Morgan fingerprint density at radius 2 is 1.65 bits per heavy atom. The Labute approximate surface area is 196 Å². The van der Waals surface area contributed by atoms with Gasteiger partial charge in [-0.2, -0.15) is 13.2 Å². The van der Waals surface area contributed by atoms with Crippen LogP contribution in [-0.2, 0) is 27.7 Å². The summed E-state index contributed by atoms with van der Waals surface area (Å²) in [6.07, 6.45) is -4.77. The minimum absolute atomic E-state index is 0.0593. The van der Waals surface area contributed by atoms with Crippen LogP contribution in [0.2, 0.25) is 0 Å². The molecule has 1 unspecified atom stereocenters. The number of carbonyl (C=O) groups is 2. The molecule has 2 aliphatic rings. The van der Waals surface area contributed by atoms with Gasteiger partial charge < -0.3 is 4.90 Å². The third-order valence-electron chi connectivity index (χ3n) is 6.36. The lowest BCUT2D eigenvalue weighted by atomic mass is 9.98. The molecule has 2 amide bonds. The quantitative estimate of drug-likeness (QED) is 0.555. The summed E-state index contributed by atoms with van der Waals surface area (Å²) in [6, 6.07) is 12.2. The van der Waals surface area contributed by atoms with Crippen molar-refractivity contribution in [3.05, 3.63) is 75.7 Å². The van der Waals surface area contributed by atoms with Crippen LogP contribution in [0.25, 0.3) is 5.69 Å². The minimum Gasteiger partial charge on any atom is -0.312 e. The first kappa shape index (κ1) is 22.3. The fourth-order valence-electron chi connectivity index (χ4n) is 4.76. The number of benzene rings is 2. The van der Waals surface area contributed by atoms with E-state index in [-0.39, 0.29) is 22.7 Å². The first-order valence-electron chi connectivity index (χ1n) is 10.3. The van der Waals surface area contributed by atoms with Crippen molar-refractivity contribution in [1.29, 1.82) is 0 Å². The molecule has 5 rings (SSSR count). The number of fused-ring (bicyclic) bond motifs is 2. The number of halogens is 3. The number of carbonyl (C=O) groups excluding carboxylic acids is 2. The monoisotopic (exact) mass is 488 g/mol. The SMILES string of the molecule is Cc1c(N2C(=O)CSC23C(=O)N(C)c2cccc(C(F)(F)F)c23)c(=O)n(-c2ccccc2)n1C. The van der Waals surface area contributed by atoms with Gasteiger partial charge in [-0.05, 0) is 31.2 Å². The first-order chi connectivity index (χ1) is 16.0. The Balaban J connectivity index is 1.83. The number of amides is 2. The molecule has 0 bridgehead atoms. The Hall–Kier alpha value is -3.47. The largest absolute Gasteiger partial charge is 0.416 e. The molecule has 1 saturated heterocycles. The van der Waals surface area contributed by atoms with Crippen molar-refractivity contribution in [2.75, 3.05) is 22.6 Å². The van der Waals surface area contributed by atoms with Crippen LogP contribution in [0.5, 0.6) is 0 Å². The van der Waals surface area contributed by atoms with Gasteiger partial charge in [0.15, 0.2) is 0 Å². The van der Waals surface area contributed by atoms with Crippen LogP contribution in [0.3, 0.4) is 0 Å². The fraction of sp³-hybridized carbons (Fsp3) is 0.261. The topological polar surface area (TPSA) is 67.6 Å². The molecule has 1 aromatic heterocycles. The van der Waals surface area contributed by atoms with Crippen molar-refractivity contribution in [3.63, 3.8) is 0 Å². The summed E-state index contributed by atoms with van der Waals surface area (Å²) in [7, 11) is 2.99. The summed E-state index contributed by atoms with van der Waals surface area (Å²) in [5, 5.41) is 0. The number of nitrogens with zero attached hydrogens (tertiary/aromatic N) is 4. The van der Waals surface area contributed by atoms with E-state index in [0.29, 0.717) is 11.4 Å². The highest BCUT2D eigenvalue weighted by atomic mass is 32.2. The summed E-state index contributed by atoms with van der Waals surface area (Å²) >= 11 is 0.804. The number of rotatable bonds is 2. The van der Waals surface area contributed by atoms with Gasteiger partial charge in [-0.25, -0.2) is 4.68 Å². The highest BCUT2D eigenvalue weighted by Crippen LogP contribution is 2.58. The third kappa shape index (κ3) is 2.76. The van der Waals surface area contributed by atoms with E-state index in [1.165, 1.54) is 28.5 Å². The number of hydrogen-bond donors (Lipinski definition) is 0. The van der Waals surface area contributed by atoms with Gasteiger partial charge in [0.2, 0.25) is 10.8 Å². The predicted octanol–water partition coefficient (Wildman–Crippen LogP) is 3.41. The Morgan fingerprint density at radius 1 is 0.971 bits per heavy atom. The molecule has 0 aliphatic carbocycles. The van der Waals surface area contributed by atoms with Gasteiger partial charge in [-0.3, -0.25) is 24.0 Å². The van der Waals surface area contributed by atoms with E-state index >= 15 is 0 Å². The maximum absolute atomic E-state index is 14.1. The van der Waals surface area contributed by atoms with E-state index in [2.05, 4.69) is 0 Å². The molecule has 1 atom stereocenters. The number of aromatic nitrogens is 2. The summed E-state index contributed by atoms with van der Waals surface area (Å²) < 4.78 is 45.1. The molecule has 3 heterocycles. The van der Waals surface area contributed by atoms with E-state index in [1.54, 1.807) is 44.3 Å². The zero-order chi connectivity index (χ0) is 24.6. The second-order valence-electron chi connectivity index (χ2n) is 8.13. The lowest BCUT2D eigenvalue weighted by Crippen LogP contribution is -2.51. The third-order valence-corrected chi connectivity index (χ3v) is 7.73. The van der Waals surface area contributed by atoms with E-state index in [0.717, 1.165) is 27.6 Å². The minimum atomic E-state index is -4.77. The van der Waals surface area contributed by atoms with Crippen LogP contribution in [0.15, 0.2) is 53.3 Å². The number of anilines is 2. The van der Waals surface area contributed by atoms with E-state index in [9.17, 15) is 27.6 Å². The molecule has 176 valence electrons. The summed E-state index contributed by atoms with van der Waals surface area (Å²) in [6.45, 7) is 1.60. The normalized spacial score (nSPS) is 20.1. The maximum atomic E-state index is 14.1. The Kier molecular flexibility index (Phi) is 4.77. The summed E-state index contributed by atoms with van der Waals surface area (Å²) in [5.74, 6) is -1.56. The maximum Gasteiger partial charge on any atom is 0.416 e. The molecule has 11 heteroatoms. The highest BCUT2D eigenvalue weighted by molar-refractivity contribution is 8.02. The Bertz CT molecular complexity index is 1410. The van der Waals surface area contributed by atoms with Crippen LogP contribution in [0.4, 0.5) is 24.5 Å². The predicted molar refractivity (Wildman–Crippen MR) is 122 cm³/mol. The molecule has 1 spiro atoms. The number of para-hydroxylation sites is 1. The molecular weight excluding hydrogens is 469 g/mol. The molecular formula is C23H19F3N4O3S. The molecule has 2 aliphatic heterocycles. The first-order valence-corrected chi connectivity index (χ1v) is 11.3. The average molecular weight is 488 g/mol. The van der Waals surface area contributed by atoms with Gasteiger partial charge in [0.1, 0.15) is 5.69 Å². The van der Waals surface area contributed by atoms with Gasteiger partial charge in [0.25, 0.3) is 11.5 Å². The molecule has 0 N–H and O–H groups in total. The van der Waals surface area contributed by atoms with Crippen molar-refractivity contribution < 1.29 is 22.8 Å².